The van der Waals surface area contributed by atoms with Gasteiger partial charge in [-0.15, -0.1) is 0 Å². The number of aromatic nitrogens is 1. The van der Waals surface area contributed by atoms with Crippen LogP contribution in [0.2, 0.25) is 0 Å². The van der Waals surface area contributed by atoms with Crippen molar-refractivity contribution in [3.63, 3.8) is 0 Å². The molecule has 0 saturated heterocycles. The summed E-state index contributed by atoms with van der Waals surface area (Å²) < 4.78 is 0. The zero-order valence-corrected chi connectivity index (χ0v) is 10.4. The predicted molar refractivity (Wildman–Crippen MR) is 72.3 cm³/mol. The number of aliphatic hydroxyl groups is 1. The van der Waals surface area contributed by atoms with Crippen molar-refractivity contribution in [1.29, 1.82) is 0 Å². The van der Waals surface area contributed by atoms with Gasteiger partial charge in [-0.1, -0.05) is 24.3 Å². The summed E-state index contributed by atoms with van der Waals surface area (Å²) >= 11 is 0. The second-order valence-corrected chi connectivity index (χ2v) is 5.17. The average molecular weight is 242 g/mol. The lowest BCUT2D eigenvalue weighted by atomic mass is 9.77. The van der Waals surface area contributed by atoms with Crippen LogP contribution in [0.1, 0.15) is 24.8 Å². The van der Waals surface area contributed by atoms with Crippen LogP contribution in [0.4, 0.5) is 0 Å². The smallest absolute Gasteiger partial charge is 0.0613 e. The van der Waals surface area contributed by atoms with Crippen LogP contribution in [0, 0.1) is 0 Å². The van der Waals surface area contributed by atoms with Crippen LogP contribution in [0.15, 0.2) is 36.7 Å². The van der Waals surface area contributed by atoms with Gasteiger partial charge in [0, 0.05) is 29.9 Å². The molecule has 1 aliphatic rings. The van der Waals surface area contributed by atoms with Crippen molar-refractivity contribution in [2.24, 2.45) is 0 Å². The highest BCUT2D eigenvalue weighted by atomic mass is 16.3. The zero-order valence-electron chi connectivity index (χ0n) is 10.4. The number of fused-ring (bicyclic) bond motifs is 1. The molecule has 3 rings (SSSR count). The Labute approximate surface area is 107 Å². The molecule has 94 valence electrons. The van der Waals surface area contributed by atoms with E-state index in [-0.39, 0.29) is 12.1 Å². The highest BCUT2D eigenvalue weighted by Crippen LogP contribution is 2.31. The Balaban J connectivity index is 1.82. The quantitative estimate of drug-likeness (QED) is 0.864. The maximum absolute atomic E-state index is 9.45. The molecule has 0 atom stereocenters. The lowest BCUT2D eigenvalue weighted by Gasteiger charge is -2.41. The number of pyridine rings is 1. The first-order valence-electron chi connectivity index (χ1n) is 6.51. The molecule has 2 aromatic rings. The summed E-state index contributed by atoms with van der Waals surface area (Å²) in [6.45, 7) is 1.00. The third-order valence-electron chi connectivity index (χ3n) is 4.02. The molecule has 18 heavy (non-hydrogen) atoms. The fourth-order valence-corrected chi connectivity index (χ4v) is 2.60. The van der Waals surface area contributed by atoms with Gasteiger partial charge in [-0.25, -0.2) is 0 Å². The Bertz CT molecular complexity index is 538. The second-order valence-electron chi connectivity index (χ2n) is 5.17. The monoisotopic (exact) mass is 242 g/mol. The molecular weight excluding hydrogens is 224 g/mol. The first kappa shape index (κ1) is 11.6. The summed E-state index contributed by atoms with van der Waals surface area (Å²) in [6.07, 6.45) is 7.16. The van der Waals surface area contributed by atoms with Gasteiger partial charge < -0.3 is 10.4 Å². The van der Waals surface area contributed by atoms with Crippen LogP contribution in [-0.4, -0.2) is 22.2 Å². The molecule has 0 unspecified atom stereocenters. The standard InChI is InChI=1S/C15H18N2O/c18-11-15(6-3-7-15)17-10-13-9-16-8-12-4-1-2-5-14(12)13/h1-2,4-5,8-9,17-18H,3,6-7,10-11H2. The zero-order chi connectivity index (χ0) is 12.4. The molecular formula is C15H18N2O. The molecule has 1 aromatic carbocycles. The number of nitrogens with one attached hydrogen (secondary N) is 1. The minimum absolute atomic E-state index is 0.0447. The molecule has 3 nitrogen and oxygen atoms in total. The molecule has 1 aliphatic carbocycles. The number of benzene rings is 1. The highest BCUT2D eigenvalue weighted by Gasteiger charge is 2.35. The van der Waals surface area contributed by atoms with E-state index in [4.69, 9.17) is 0 Å². The molecule has 3 heteroatoms. The van der Waals surface area contributed by atoms with E-state index >= 15 is 0 Å². The van der Waals surface area contributed by atoms with E-state index in [0.717, 1.165) is 19.4 Å². The van der Waals surface area contributed by atoms with Gasteiger partial charge in [0.05, 0.1) is 6.61 Å². The third kappa shape index (κ3) is 2.00. The van der Waals surface area contributed by atoms with Gasteiger partial charge in [0.15, 0.2) is 0 Å². The van der Waals surface area contributed by atoms with Crippen LogP contribution in [0.3, 0.4) is 0 Å². The number of hydrogen-bond donors (Lipinski definition) is 2. The van der Waals surface area contributed by atoms with E-state index in [1.807, 2.05) is 18.5 Å². The van der Waals surface area contributed by atoms with Crippen LogP contribution in [-0.2, 0) is 6.54 Å². The van der Waals surface area contributed by atoms with E-state index in [2.05, 4.69) is 28.5 Å². The van der Waals surface area contributed by atoms with Gasteiger partial charge >= 0.3 is 0 Å². The molecule has 1 fully saturated rings. The van der Waals surface area contributed by atoms with Crippen molar-refractivity contribution in [3.8, 4) is 0 Å². The summed E-state index contributed by atoms with van der Waals surface area (Å²) in [5, 5.41) is 15.4. The summed E-state index contributed by atoms with van der Waals surface area (Å²) in [5.41, 5.74) is 1.16. The predicted octanol–water partition coefficient (Wildman–Crippen LogP) is 2.24. The molecule has 0 radical (unpaired) electrons. The van der Waals surface area contributed by atoms with Crippen molar-refractivity contribution >= 4 is 10.8 Å². The van der Waals surface area contributed by atoms with Crippen LogP contribution in [0.25, 0.3) is 10.8 Å². The van der Waals surface area contributed by atoms with Gasteiger partial charge in [0.2, 0.25) is 0 Å². The number of hydrogen-bond acceptors (Lipinski definition) is 3. The van der Waals surface area contributed by atoms with E-state index in [0.29, 0.717) is 0 Å². The van der Waals surface area contributed by atoms with E-state index in [9.17, 15) is 5.11 Å². The summed E-state index contributed by atoms with van der Waals surface area (Å²) in [6, 6.07) is 8.29. The Morgan fingerprint density at radius 1 is 1.22 bits per heavy atom. The molecule has 0 bridgehead atoms. The molecule has 2 N–H and O–H groups in total. The lowest BCUT2D eigenvalue weighted by Crippen LogP contribution is -2.53. The fraction of sp³-hybridized carbons (Fsp3) is 0.400. The second kappa shape index (κ2) is 4.67. The molecule has 1 saturated carbocycles. The van der Waals surface area contributed by atoms with Gasteiger partial charge in [-0.3, -0.25) is 4.98 Å². The molecule has 0 spiro atoms. The largest absolute Gasteiger partial charge is 0.394 e. The minimum atomic E-state index is -0.0447. The maximum Gasteiger partial charge on any atom is 0.0613 e. The number of aliphatic hydroxyl groups excluding tert-OH is 1. The summed E-state index contributed by atoms with van der Waals surface area (Å²) in [4.78, 5) is 4.28. The normalized spacial score (nSPS) is 17.6. The number of rotatable bonds is 4. The van der Waals surface area contributed by atoms with Crippen LogP contribution >= 0.6 is 0 Å². The topological polar surface area (TPSA) is 45.1 Å². The van der Waals surface area contributed by atoms with E-state index in [1.54, 1.807) is 0 Å². The van der Waals surface area contributed by atoms with Crippen LogP contribution in [0.5, 0.6) is 0 Å². The van der Waals surface area contributed by atoms with Gasteiger partial charge in [0.25, 0.3) is 0 Å². The Morgan fingerprint density at radius 2 is 2.06 bits per heavy atom. The molecule has 0 amide bonds. The summed E-state index contributed by atoms with van der Waals surface area (Å²) in [7, 11) is 0. The van der Waals surface area contributed by atoms with E-state index < -0.39 is 0 Å². The fourth-order valence-electron chi connectivity index (χ4n) is 2.60. The average Bonchev–Trinajstić information content (AvgIpc) is 2.38. The summed E-state index contributed by atoms with van der Waals surface area (Å²) in [5.74, 6) is 0. The van der Waals surface area contributed by atoms with Crippen LogP contribution < -0.4 is 5.32 Å². The van der Waals surface area contributed by atoms with E-state index in [1.165, 1.54) is 22.8 Å². The van der Waals surface area contributed by atoms with Crippen molar-refractivity contribution < 1.29 is 5.11 Å². The lowest BCUT2D eigenvalue weighted by molar-refractivity contribution is 0.0873. The minimum Gasteiger partial charge on any atom is -0.394 e. The maximum atomic E-state index is 9.45. The molecule has 1 heterocycles. The molecule has 0 aliphatic heterocycles. The molecule has 1 aromatic heterocycles. The SMILES string of the molecule is OCC1(NCc2cncc3ccccc23)CCC1. The Kier molecular flexibility index (Phi) is 3.02. The first-order valence-corrected chi connectivity index (χ1v) is 6.51. The van der Waals surface area contributed by atoms with Gasteiger partial charge in [-0.05, 0) is 30.2 Å². The van der Waals surface area contributed by atoms with Crippen molar-refractivity contribution in [3.05, 3.63) is 42.2 Å². The highest BCUT2D eigenvalue weighted by molar-refractivity contribution is 5.84. The van der Waals surface area contributed by atoms with Crippen molar-refractivity contribution in [1.82, 2.24) is 10.3 Å². The first-order chi connectivity index (χ1) is 8.83. The van der Waals surface area contributed by atoms with Crippen molar-refractivity contribution in [2.45, 2.75) is 31.3 Å². The third-order valence-corrected chi connectivity index (χ3v) is 4.02. The number of nitrogens with zero attached hydrogens (tertiary/aromatic N) is 1. The Morgan fingerprint density at radius 3 is 2.78 bits per heavy atom. The van der Waals surface area contributed by atoms with Gasteiger partial charge in [0.1, 0.15) is 0 Å². The van der Waals surface area contributed by atoms with Gasteiger partial charge in [-0.2, -0.15) is 0 Å². The van der Waals surface area contributed by atoms with Crippen molar-refractivity contribution in [2.75, 3.05) is 6.61 Å². The Hall–Kier alpha value is -1.45.